The van der Waals surface area contributed by atoms with Gasteiger partial charge < -0.3 is 15.5 Å². The molecule has 1 aliphatic rings. The lowest BCUT2D eigenvalue weighted by Gasteiger charge is -2.27. The molecular formula is C13H22N4OS. The smallest absolute Gasteiger partial charge is 0.268 e. The summed E-state index contributed by atoms with van der Waals surface area (Å²) in [6, 6.07) is 0.529. The van der Waals surface area contributed by atoms with Gasteiger partial charge in [-0.2, -0.15) is 0 Å². The van der Waals surface area contributed by atoms with E-state index in [1.54, 1.807) is 5.38 Å². The molecule has 19 heavy (non-hydrogen) atoms. The minimum atomic E-state index is -0.453. The Morgan fingerprint density at radius 1 is 1.53 bits per heavy atom. The molecule has 2 rings (SSSR count). The van der Waals surface area contributed by atoms with Crippen molar-refractivity contribution < 1.29 is 4.79 Å². The molecule has 0 spiro atoms. The van der Waals surface area contributed by atoms with Crippen molar-refractivity contribution >= 4 is 22.4 Å². The Hall–Kier alpha value is -1.14. The molecule has 1 saturated heterocycles. The minimum absolute atomic E-state index is 0.370. The Balaban J connectivity index is 2.16. The second-order valence-corrected chi connectivity index (χ2v) is 6.56. The number of nitrogens with zero attached hydrogens (tertiary/aromatic N) is 3. The van der Waals surface area contributed by atoms with E-state index in [9.17, 15) is 4.79 Å². The van der Waals surface area contributed by atoms with Crippen LogP contribution in [-0.2, 0) is 0 Å². The number of anilines is 1. The summed E-state index contributed by atoms with van der Waals surface area (Å²) in [5, 5.41) is 2.65. The summed E-state index contributed by atoms with van der Waals surface area (Å²) in [7, 11) is 4.25. The second kappa shape index (κ2) is 5.46. The van der Waals surface area contributed by atoms with E-state index in [0.717, 1.165) is 18.2 Å². The highest BCUT2D eigenvalue weighted by atomic mass is 32.1. The van der Waals surface area contributed by atoms with Gasteiger partial charge in [-0.25, -0.2) is 4.98 Å². The quantitative estimate of drug-likeness (QED) is 0.903. The number of thiazole rings is 1. The van der Waals surface area contributed by atoms with Crippen LogP contribution < -0.4 is 10.6 Å². The highest BCUT2D eigenvalue weighted by molar-refractivity contribution is 7.13. The first kappa shape index (κ1) is 14.3. The topological polar surface area (TPSA) is 62.5 Å². The molecule has 0 aliphatic carbocycles. The number of primary amides is 1. The van der Waals surface area contributed by atoms with Gasteiger partial charge in [0.1, 0.15) is 5.69 Å². The third-order valence-electron chi connectivity index (χ3n) is 3.87. The standard InChI is InChI=1S/C13H22N4OS/c1-8(2)9-5-17(6-11(9)16(3)4)13-15-10(7-19-13)12(14)18/h7-9,11H,5-6H2,1-4H3,(H2,14,18)/t9-,11+/m0/s1. The number of hydrogen-bond acceptors (Lipinski definition) is 5. The van der Waals surface area contributed by atoms with Gasteiger partial charge in [0.05, 0.1) is 0 Å². The van der Waals surface area contributed by atoms with E-state index in [1.807, 2.05) is 0 Å². The van der Waals surface area contributed by atoms with Crippen LogP contribution in [0.2, 0.25) is 0 Å². The molecule has 0 aromatic carbocycles. The molecule has 6 heteroatoms. The number of nitrogens with two attached hydrogens (primary N) is 1. The first-order chi connectivity index (χ1) is 8.90. The molecule has 1 aliphatic heterocycles. The number of aromatic nitrogens is 1. The van der Waals surface area contributed by atoms with Crippen molar-refractivity contribution in [3.63, 3.8) is 0 Å². The van der Waals surface area contributed by atoms with Crippen LogP contribution in [0, 0.1) is 11.8 Å². The molecule has 2 N–H and O–H groups in total. The fourth-order valence-electron chi connectivity index (χ4n) is 2.69. The Morgan fingerprint density at radius 3 is 2.63 bits per heavy atom. The molecular weight excluding hydrogens is 260 g/mol. The molecule has 1 amide bonds. The highest BCUT2D eigenvalue weighted by Gasteiger charge is 2.37. The Kier molecular flexibility index (Phi) is 4.10. The van der Waals surface area contributed by atoms with Crippen LogP contribution >= 0.6 is 11.3 Å². The Morgan fingerprint density at radius 2 is 2.21 bits per heavy atom. The summed E-state index contributed by atoms with van der Waals surface area (Å²) in [5.74, 6) is 0.801. The van der Waals surface area contributed by atoms with Crippen molar-refractivity contribution in [1.29, 1.82) is 0 Å². The molecule has 0 bridgehead atoms. The van der Waals surface area contributed by atoms with Crippen molar-refractivity contribution in [3.05, 3.63) is 11.1 Å². The SMILES string of the molecule is CC(C)[C@@H]1CN(c2nc(C(N)=O)cs2)C[C@H]1N(C)C. The van der Waals surface area contributed by atoms with Crippen LogP contribution in [0.5, 0.6) is 0 Å². The third-order valence-corrected chi connectivity index (χ3v) is 4.77. The summed E-state index contributed by atoms with van der Waals surface area (Å²) in [6.07, 6.45) is 0. The van der Waals surface area contributed by atoms with Gasteiger partial charge in [-0.05, 0) is 25.9 Å². The number of hydrogen-bond donors (Lipinski definition) is 1. The van der Waals surface area contributed by atoms with Gasteiger partial charge in [-0.1, -0.05) is 13.8 Å². The van der Waals surface area contributed by atoms with Crippen molar-refractivity contribution in [2.24, 2.45) is 17.6 Å². The molecule has 106 valence electrons. The van der Waals surface area contributed by atoms with E-state index in [0.29, 0.717) is 23.6 Å². The largest absolute Gasteiger partial charge is 0.364 e. The van der Waals surface area contributed by atoms with E-state index < -0.39 is 5.91 Å². The van der Waals surface area contributed by atoms with E-state index in [1.165, 1.54) is 11.3 Å². The molecule has 1 aromatic rings. The summed E-state index contributed by atoms with van der Waals surface area (Å²) < 4.78 is 0. The molecule has 0 radical (unpaired) electrons. The maximum absolute atomic E-state index is 11.1. The van der Waals surface area contributed by atoms with Gasteiger partial charge in [0.15, 0.2) is 5.13 Å². The zero-order valence-electron chi connectivity index (χ0n) is 12.0. The normalized spacial score (nSPS) is 23.6. The van der Waals surface area contributed by atoms with Gasteiger partial charge in [0.2, 0.25) is 0 Å². The molecule has 0 unspecified atom stereocenters. The van der Waals surface area contributed by atoms with Gasteiger partial charge in [0, 0.05) is 24.5 Å². The van der Waals surface area contributed by atoms with E-state index >= 15 is 0 Å². The first-order valence-corrected chi connectivity index (χ1v) is 7.44. The first-order valence-electron chi connectivity index (χ1n) is 6.57. The van der Waals surface area contributed by atoms with Crippen molar-refractivity contribution in [3.8, 4) is 0 Å². The van der Waals surface area contributed by atoms with E-state index in [2.05, 4.69) is 42.7 Å². The van der Waals surface area contributed by atoms with E-state index in [-0.39, 0.29) is 0 Å². The zero-order valence-corrected chi connectivity index (χ0v) is 12.8. The molecule has 2 heterocycles. The van der Waals surface area contributed by atoms with Crippen LogP contribution in [-0.4, -0.2) is 49.0 Å². The van der Waals surface area contributed by atoms with Crippen molar-refractivity contribution in [2.45, 2.75) is 19.9 Å². The Bertz CT molecular complexity index is 441. The molecule has 5 nitrogen and oxygen atoms in total. The van der Waals surface area contributed by atoms with Crippen LogP contribution in [0.4, 0.5) is 5.13 Å². The third kappa shape index (κ3) is 2.90. The number of likely N-dealkylation sites (N-methyl/N-ethyl adjacent to an activating group) is 1. The average Bonchev–Trinajstić information content (AvgIpc) is 2.95. The maximum atomic E-state index is 11.1. The van der Waals surface area contributed by atoms with Crippen molar-refractivity contribution in [2.75, 3.05) is 32.1 Å². The summed E-state index contributed by atoms with van der Waals surface area (Å²) in [6.45, 7) is 6.48. The molecule has 1 aromatic heterocycles. The second-order valence-electron chi connectivity index (χ2n) is 5.72. The lowest BCUT2D eigenvalue weighted by atomic mass is 9.91. The van der Waals surface area contributed by atoms with Gasteiger partial charge in [-0.3, -0.25) is 4.79 Å². The number of rotatable bonds is 4. The fourth-order valence-corrected chi connectivity index (χ4v) is 3.53. The highest BCUT2D eigenvalue weighted by Crippen LogP contribution is 2.32. The predicted molar refractivity (Wildman–Crippen MR) is 78.6 cm³/mol. The van der Waals surface area contributed by atoms with Gasteiger partial charge in [0.25, 0.3) is 5.91 Å². The van der Waals surface area contributed by atoms with Crippen molar-refractivity contribution in [1.82, 2.24) is 9.88 Å². The lowest BCUT2D eigenvalue weighted by Crippen LogP contribution is -2.37. The predicted octanol–water partition coefficient (Wildman–Crippen LogP) is 1.26. The summed E-state index contributed by atoms with van der Waals surface area (Å²) in [4.78, 5) is 20.0. The number of carbonyl (C=O) groups is 1. The van der Waals surface area contributed by atoms with Crippen LogP contribution in [0.3, 0.4) is 0 Å². The van der Waals surface area contributed by atoms with Crippen LogP contribution in [0.1, 0.15) is 24.3 Å². The number of amides is 1. The van der Waals surface area contributed by atoms with Crippen LogP contribution in [0.25, 0.3) is 0 Å². The fraction of sp³-hybridized carbons (Fsp3) is 0.692. The van der Waals surface area contributed by atoms with Gasteiger partial charge in [-0.15, -0.1) is 11.3 Å². The van der Waals surface area contributed by atoms with E-state index in [4.69, 9.17) is 5.73 Å². The zero-order chi connectivity index (χ0) is 14.2. The number of carbonyl (C=O) groups excluding carboxylic acids is 1. The minimum Gasteiger partial charge on any atom is -0.364 e. The monoisotopic (exact) mass is 282 g/mol. The molecule has 0 saturated carbocycles. The molecule has 1 fully saturated rings. The summed E-state index contributed by atoms with van der Waals surface area (Å²) >= 11 is 1.50. The maximum Gasteiger partial charge on any atom is 0.268 e. The Labute approximate surface area is 118 Å². The average molecular weight is 282 g/mol. The summed E-state index contributed by atoms with van der Waals surface area (Å²) in [5.41, 5.74) is 5.63. The molecule has 2 atom stereocenters. The van der Waals surface area contributed by atoms with Crippen LogP contribution in [0.15, 0.2) is 5.38 Å². The lowest BCUT2D eigenvalue weighted by molar-refractivity contribution is 0.0996. The van der Waals surface area contributed by atoms with Gasteiger partial charge >= 0.3 is 0 Å².